The van der Waals surface area contributed by atoms with Crippen LogP contribution in [0.25, 0.3) is 5.57 Å². The van der Waals surface area contributed by atoms with Crippen LogP contribution in [-0.2, 0) is 0 Å². The molecule has 1 rings (SSSR count). The Labute approximate surface area is 254 Å². The Morgan fingerprint density at radius 1 is 1.10 bits per heavy atom. The summed E-state index contributed by atoms with van der Waals surface area (Å²) in [5.74, 6) is -0.284. The number of nitrogens with zero attached hydrogens (tertiary/aromatic N) is 1. The summed E-state index contributed by atoms with van der Waals surface area (Å²) < 4.78 is 26.6. The van der Waals surface area contributed by atoms with Crippen LogP contribution < -0.4 is 0 Å². The first kappa shape index (κ1) is 34.9. The Morgan fingerprint density at radius 2 is 1.77 bits per heavy atom. The molecule has 0 spiro atoms. The van der Waals surface area contributed by atoms with Gasteiger partial charge in [0.25, 0.3) is 0 Å². The van der Waals surface area contributed by atoms with Crippen molar-refractivity contribution < 1.29 is 8.78 Å². The van der Waals surface area contributed by atoms with Crippen molar-refractivity contribution in [3.63, 3.8) is 0 Å². The van der Waals surface area contributed by atoms with E-state index in [1.807, 2.05) is 37.3 Å². The second kappa shape index (κ2) is 16.9. The fourth-order valence-corrected chi connectivity index (χ4v) is 4.60. The van der Waals surface area contributed by atoms with E-state index in [2.05, 4.69) is 58.1 Å². The molecule has 1 nitrogen and oxygen atoms in total. The van der Waals surface area contributed by atoms with Gasteiger partial charge in [-0.2, -0.15) is 0 Å². The highest BCUT2D eigenvalue weighted by Crippen LogP contribution is 2.35. The van der Waals surface area contributed by atoms with Gasteiger partial charge in [-0.1, -0.05) is 94.0 Å². The van der Waals surface area contributed by atoms with E-state index in [1.54, 1.807) is 34.7 Å². The molecule has 0 heterocycles. The Morgan fingerprint density at radius 3 is 2.30 bits per heavy atom. The van der Waals surface area contributed by atoms with Crippen molar-refractivity contribution in [2.75, 3.05) is 0 Å². The molecule has 1 aromatic rings. The molecule has 0 fully saturated rings. The Hall–Kier alpha value is -3.12. The van der Waals surface area contributed by atoms with Gasteiger partial charge in [-0.25, -0.2) is 8.78 Å². The molecule has 40 heavy (non-hydrogen) atoms. The molecule has 212 valence electrons. The summed E-state index contributed by atoms with van der Waals surface area (Å²) in [6.45, 7) is 33.3. The lowest BCUT2D eigenvalue weighted by Crippen LogP contribution is -2.08. The molecule has 1 aromatic carbocycles. The van der Waals surface area contributed by atoms with Crippen LogP contribution in [-0.4, -0.2) is 10.4 Å². The van der Waals surface area contributed by atoms with Crippen molar-refractivity contribution in [3.05, 3.63) is 150 Å². The number of halogens is 3. The Bertz CT molecular complexity index is 1290. The molecule has 0 radical (unpaired) electrons. The van der Waals surface area contributed by atoms with Crippen LogP contribution in [0.1, 0.15) is 57.1 Å². The molecule has 0 aromatic heterocycles. The average Bonchev–Trinajstić information content (AvgIpc) is 2.89. The van der Waals surface area contributed by atoms with Gasteiger partial charge in [-0.05, 0) is 132 Å². The molecule has 0 aliphatic carbocycles. The normalized spacial score (nSPS) is 14.2. The molecule has 1 unspecified atom stereocenters. The monoisotopic (exact) mass is 653 g/mol. The minimum atomic E-state index is -1.44. The zero-order valence-electron chi connectivity index (χ0n) is 24.3. The van der Waals surface area contributed by atoms with Gasteiger partial charge in [-0.15, -0.1) is 0 Å². The van der Waals surface area contributed by atoms with E-state index in [9.17, 15) is 8.78 Å². The number of rotatable bonds is 17. The molecule has 0 saturated heterocycles. The van der Waals surface area contributed by atoms with Crippen molar-refractivity contribution in [1.82, 2.24) is 0 Å². The van der Waals surface area contributed by atoms with Crippen LogP contribution in [0.3, 0.4) is 0 Å². The molecule has 0 amide bonds. The minimum absolute atomic E-state index is 0.284. The number of allylic oxidation sites excluding steroid dienone is 12. The molecule has 4 heteroatoms. The number of benzene rings is 1. The number of aliphatic imine (C=N–C) groups is 1. The molecular formula is C36H42F2IN. The lowest BCUT2D eigenvalue weighted by Gasteiger charge is -2.19. The lowest BCUT2D eigenvalue weighted by atomic mass is 9.86. The van der Waals surface area contributed by atoms with E-state index in [-0.39, 0.29) is 5.82 Å². The second-order valence-corrected chi connectivity index (χ2v) is 11.7. The van der Waals surface area contributed by atoms with Crippen molar-refractivity contribution in [1.29, 1.82) is 0 Å². The molecule has 0 saturated carbocycles. The number of hydrogen-bond acceptors (Lipinski definition) is 1. The molecule has 0 aliphatic heterocycles. The molecule has 0 aliphatic rings. The first-order valence-corrected chi connectivity index (χ1v) is 14.3. The smallest absolute Gasteiger partial charge is 0.183 e. The Kier molecular flexibility index (Phi) is 14.7. The quantitative estimate of drug-likeness (QED) is 0.0522. The summed E-state index contributed by atoms with van der Waals surface area (Å²) in [6, 6.07) is 4.78. The number of alkyl halides is 2. The van der Waals surface area contributed by atoms with Crippen LogP contribution in [0.2, 0.25) is 0 Å². The molecule has 1 atom stereocenters. The predicted molar refractivity (Wildman–Crippen MR) is 182 cm³/mol. The first-order chi connectivity index (χ1) is 18.8. The summed E-state index contributed by atoms with van der Waals surface area (Å²) in [7, 11) is 0. The largest absolute Gasteiger partial charge is 0.265 e. The van der Waals surface area contributed by atoms with E-state index in [1.165, 1.54) is 19.1 Å². The SMILES string of the molecule is C=C/C(CC(=C)CCC(=C)/C=C\C/C=C(\C=C)C(C)(F)I)=C(CC)\C(=C/C(=C)C(=C)N=C)c1ccc(F)cc1C. The molecule has 0 bridgehead atoms. The average molecular weight is 654 g/mol. The highest BCUT2D eigenvalue weighted by Gasteiger charge is 2.21. The van der Waals surface area contributed by atoms with Gasteiger partial charge >= 0.3 is 0 Å². The topological polar surface area (TPSA) is 12.4 Å². The number of aryl methyl sites for hydroxylation is 1. The van der Waals surface area contributed by atoms with E-state index in [4.69, 9.17) is 0 Å². The number of hydrogen-bond donors (Lipinski definition) is 0. The van der Waals surface area contributed by atoms with Gasteiger partial charge in [0.05, 0.1) is 5.70 Å². The van der Waals surface area contributed by atoms with Gasteiger partial charge < -0.3 is 0 Å². The van der Waals surface area contributed by atoms with Gasteiger partial charge in [-0.3, -0.25) is 4.99 Å². The fraction of sp³-hybridized carbons (Fsp3) is 0.250. The zero-order valence-corrected chi connectivity index (χ0v) is 26.4. The van der Waals surface area contributed by atoms with E-state index < -0.39 is 3.68 Å². The van der Waals surface area contributed by atoms with Gasteiger partial charge in [0, 0.05) is 0 Å². The van der Waals surface area contributed by atoms with Crippen LogP contribution in [0, 0.1) is 12.7 Å². The lowest BCUT2D eigenvalue weighted by molar-refractivity contribution is 0.395. The van der Waals surface area contributed by atoms with E-state index in [0.717, 1.165) is 58.3 Å². The standard InChI is InChI=1S/C36H42F2IN/c1-11-30(22-26(5)19-18-25(4)16-14-15-17-31(12-2)36(9,38)39)33(13-3)35(24-27(6)29(8)40-10)34-21-20-32(37)23-28(34)7/h11-12,14,16-17,20-21,23-24H,1-2,4-6,8,10,13,15,18-19,22H2,3,7,9H3/b16-14-,31-17+,33-30+,35-24+. The highest BCUT2D eigenvalue weighted by molar-refractivity contribution is 14.1. The predicted octanol–water partition coefficient (Wildman–Crippen LogP) is 11.6. The van der Waals surface area contributed by atoms with Crippen LogP contribution >= 0.6 is 22.6 Å². The summed E-state index contributed by atoms with van der Waals surface area (Å²) in [4.78, 5) is 3.92. The van der Waals surface area contributed by atoms with Crippen LogP contribution in [0.4, 0.5) is 8.78 Å². The maximum absolute atomic E-state index is 14.1. The second-order valence-electron chi connectivity index (χ2n) is 9.68. The molecular weight excluding hydrogens is 611 g/mol. The van der Waals surface area contributed by atoms with E-state index >= 15 is 0 Å². The summed E-state index contributed by atoms with van der Waals surface area (Å²) in [5.41, 5.74) is 8.46. The third kappa shape index (κ3) is 11.2. The van der Waals surface area contributed by atoms with Crippen molar-refractivity contribution in [2.45, 2.75) is 56.6 Å². The third-order valence-corrected chi connectivity index (χ3v) is 7.09. The summed E-state index contributed by atoms with van der Waals surface area (Å²) >= 11 is 1.76. The fourth-order valence-electron chi connectivity index (χ4n) is 4.16. The Balaban J connectivity index is 3.17. The van der Waals surface area contributed by atoms with Gasteiger partial charge in [0.2, 0.25) is 0 Å². The zero-order chi connectivity index (χ0) is 30.5. The molecule has 0 N–H and O–H groups in total. The maximum Gasteiger partial charge on any atom is 0.183 e. The first-order valence-electron chi connectivity index (χ1n) is 13.2. The van der Waals surface area contributed by atoms with Gasteiger partial charge in [0.1, 0.15) is 5.82 Å². The van der Waals surface area contributed by atoms with E-state index in [0.29, 0.717) is 29.7 Å². The van der Waals surface area contributed by atoms with Crippen LogP contribution in [0.15, 0.2) is 138 Å². The van der Waals surface area contributed by atoms with Gasteiger partial charge in [0.15, 0.2) is 3.68 Å². The maximum atomic E-state index is 14.1. The summed E-state index contributed by atoms with van der Waals surface area (Å²) in [6.07, 6.45) is 14.6. The van der Waals surface area contributed by atoms with Crippen molar-refractivity contribution in [2.24, 2.45) is 4.99 Å². The van der Waals surface area contributed by atoms with Crippen LogP contribution in [0.5, 0.6) is 0 Å². The highest BCUT2D eigenvalue weighted by atomic mass is 127. The minimum Gasteiger partial charge on any atom is -0.265 e. The summed E-state index contributed by atoms with van der Waals surface area (Å²) in [5, 5.41) is 0. The van der Waals surface area contributed by atoms with Crippen molar-refractivity contribution in [3.8, 4) is 0 Å². The van der Waals surface area contributed by atoms with Crippen molar-refractivity contribution >= 4 is 34.9 Å². The third-order valence-electron chi connectivity index (χ3n) is 6.47.